The fraction of sp³-hybridized carbons (Fsp3) is 0.290. The smallest absolute Gasteiger partial charge is 0.338 e. The number of rotatable bonds is 14. The maximum absolute atomic E-state index is 12.2. The number of hydrogen-bond donors (Lipinski definition) is 2. The summed E-state index contributed by atoms with van der Waals surface area (Å²) < 4.78 is 21.0. The lowest BCUT2D eigenvalue weighted by Gasteiger charge is -2.09. The molecule has 3 rings (SSSR count). The second kappa shape index (κ2) is 15.7. The summed E-state index contributed by atoms with van der Waals surface area (Å²) in [5.41, 5.74) is 1.41. The van der Waals surface area contributed by atoms with Crippen molar-refractivity contribution in [2.75, 3.05) is 31.0 Å². The first-order chi connectivity index (χ1) is 19.7. The fourth-order valence-electron chi connectivity index (χ4n) is 3.43. The standard InChI is InChI=1S/C31H34N2O8/c1-21(2)19-40-31(37)22-7-9-23(10-8-22)33-29(35)20-39-30(36)6-4-5-28(34)32-24-11-13-26(14-12-24)41-27-17-15-25(38-3)16-18-27/h7-18,21H,4-6,19-20H2,1-3H3,(H,32,34)(H,33,35). The Hall–Kier alpha value is -4.86. The van der Waals surface area contributed by atoms with Crippen LogP contribution in [0.25, 0.3) is 0 Å². The Balaban J connectivity index is 1.31. The molecule has 0 heterocycles. The molecule has 10 nitrogen and oxygen atoms in total. The average Bonchev–Trinajstić information content (AvgIpc) is 2.96. The van der Waals surface area contributed by atoms with Crippen LogP contribution in [0.15, 0.2) is 72.8 Å². The summed E-state index contributed by atoms with van der Waals surface area (Å²) >= 11 is 0. The molecule has 0 saturated carbocycles. The van der Waals surface area contributed by atoms with Gasteiger partial charge >= 0.3 is 11.9 Å². The van der Waals surface area contributed by atoms with Crippen molar-refractivity contribution in [3.8, 4) is 17.2 Å². The molecule has 2 N–H and O–H groups in total. The lowest BCUT2D eigenvalue weighted by Crippen LogP contribution is -2.21. The van der Waals surface area contributed by atoms with Gasteiger partial charge < -0.3 is 29.6 Å². The van der Waals surface area contributed by atoms with E-state index in [-0.39, 0.29) is 31.1 Å². The van der Waals surface area contributed by atoms with Crippen molar-refractivity contribution >= 4 is 35.1 Å². The van der Waals surface area contributed by atoms with Crippen molar-refractivity contribution in [2.24, 2.45) is 5.92 Å². The molecule has 3 aromatic rings. The van der Waals surface area contributed by atoms with Crippen LogP contribution in [-0.4, -0.2) is 44.1 Å². The van der Waals surface area contributed by atoms with Crippen molar-refractivity contribution in [3.05, 3.63) is 78.4 Å². The van der Waals surface area contributed by atoms with E-state index < -0.39 is 24.5 Å². The third-order valence-electron chi connectivity index (χ3n) is 5.53. The summed E-state index contributed by atoms with van der Waals surface area (Å²) in [6.45, 7) is 3.75. The zero-order chi connectivity index (χ0) is 29.6. The minimum Gasteiger partial charge on any atom is -0.497 e. The molecule has 0 spiro atoms. The molecule has 0 aliphatic carbocycles. The number of carbonyl (C=O) groups excluding carboxylic acids is 4. The van der Waals surface area contributed by atoms with Gasteiger partial charge in [0, 0.05) is 24.2 Å². The van der Waals surface area contributed by atoms with E-state index in [0.29, 0.717) is 35.0 Å². The first-order valence-electron chi connectivity index (χ1n) is 13.2. The van der Waals surface area contributed by atoms with E-state index in [1.54, 1.807) is 79.9 Å². The van der Waals surface area contributed by atoms with Gasteiger partial charge in [0.15, 0.2) is 6.61 Å². The highest BCUT2D eigenvalue weighted by Gasteiger charge is 2.12. The molecule has 0 bridgehead atoms. The summed E-state index contributed by atoms with van der Waals surface area (Å²) in [5.74, 6) is 0.426. The predicted octanol–water partition coefficient (Wildman–Crippen LogP) is 5.59. The lowest BCUT2D eigenvalue weighted by atomic mass is 10.2. The van der Waals surface area contributed by atoms with Crippen molar-refractivity contribution < 1.29 is 38.1 Å². The largest absolute Gasteiger partial charge is 0.497 e. The van der Waals surface area contributed by atoms with Gasteiger partial charge in [0.25, 0.3) is 5.91 Å². The summed E-state index contributed by atoms with van der Waals surface area (Å²) in [6, 6.07) is 20.3. The van der Waals surface area contributed by atoms with E-state index in [4.69, 9.17) is 18.9 Å². The molecule has 2 amide bonds. The van der Waals surface area contributed by atoms with Gasteiger partial charge in [0.1, 0.15) is 17.2 Å². The van der Waals surface area contributed by atoms with Crippen molar-refractivity contribution in [1.29, 1.82) is 0 Å². The summed E-state index contributed by atoms with van der Waals surface area (Å²) in [5, 5.41) is 5.36. The molecule has 0 aromatic heterocycles. The number of hydrogen-bond acceptors (Lipinski definition) is 8. The fourth-order valence-corrected chi connectivity index (χ4v) is 3.43. The molecule has 0 atom stereocenters. The predicted molar refractivity (Wildman–Crippen MR) is 153 cm³/mol. The SMILES string of the molecule is COc1ccc(Oc2ccc(NC(=O)CCCC(=O)OCC(=O)Nc3ccc(C(=O)OCC(C)C)cc3)cc2)cc1. The minimum atomic E-state index is -0.587. The number of nitrogens with one attached hydrogen (secondary N) is 2. The van der Waals surface area contributed by atoms with E-state index in [1.165, 1.54) is 0 Å². The van der Waals surface area contributed by atoms with Gasteiger partial charge in [-0.25, -0.2) is 4.79 Å². The lowest BCUT2D eigenvalue weighted by molar-refractivity contribution is -0.147. The Morgan fingerprint density at radius 2 is 1.22 bits per heavy atom. The molecule has 0 aliphatic heterocycles. The van der Waals surface area contributed by atoms with Gasteiger partial charge in [0.05, 0.1) is 19.3 Å². The second-order valence-electron chi connectivity index (χ2n) is 9.48. The third-order valence-corrected chi connectivity index (χ3v) is 5.53. The van der Waals surface area contributed by atoms with E-state index in [0.717, 1.165) is 5.75 Å². The highest BCUT2D eigenvalue weighted by molar-refractivity contribution is 5.94. The van der Waals surface area contributed by atoms with Crippen LogP contribution in [0.2, 0.25) is 0 Å². The van der Waals surface area contributed by atoms with Crippen LogP contribution in [0, 0.1) is 5.92 Å². The van der Waals surface area contributed by atoms with Gasteiger partial charge in [-0.1, -0.05) is 13.8 Å². The Morgan fingerprint density at radius 1 is 0.683 bits per heavy atom. The molecule has 0 fully saturated rings. The third kappa shape index (κ3) is 11.0. The van der Waals surface area contributed by atoms with Crippen LogP contribution >= 0.6 is 0 Å². The number of esters is 2. The van der Waals surface area contributed by atoms with Crippen LogP contribution in [0.1, 0.15) is 43.5 Å². The Bertz CT molecular complexity index is 1300. The summed E-state index contributed by atoms with van der Waals surface area (Å²) in [4.78, 5) is 48.3. The molecule has 0 radical (unpaired) electrons. The van der Waals surface area contributed by atoms with E-state index in [2.05, 4.69) is 10.6 Å². The minimum absolute atomic E-state index is 0.0114. The molecule has 0 saturated heterocycles. The quantitative estimate of drug-likeness (QED) is 0.243. The maximum atomic E-state index is 12.2. The molecule has 0 aliphatic rings. The van der Waals surface area contributed by atoms with Gasteiger partial charge in [-0.15, -0.1) is 0 Å². The van der Waals surface area contributed by atoms with Crippen molar-refractivity contribution in [3.63, 3.8) is 0 Å². The number of amides is 2. The Kier molecular flexibility index (Phi) is 11.7. The van der Waals surface area contributed by atoms with Gasteiger partial charge in [-0.3, -0.25) is 14.4 Å². The summed E-state index contributed by atoms with van der Waals surface area (Å²) in [6.07, 6.45) is 0.360. The highest BCUT2D eigenvalue weighted by atomic mass is 16.5. The highest BCUT2D eigenvalue weighted by Crippen LogP contribution is 2.25. The molecule has 3 aromatic carbocycles. The van der Waals surface area contributed by atoms with Crippen molar-refractivity contribution in [2.45, 2.75) is 33.1 Å². The van der Waals surface area contributed by atoms with E-state index >= 15 is 0 Å². The second-order valence-corrected chi connectivity index (χ2v) is 9.48. The van der Waals surface area contributed by atoms with Crippen molar-refractivity contribution in [1.82, 2.24) is 0 Å². The molecular formula is C31H34N2O8. The first kappa shape index (κ1) is 30.7. The summed E-state index contributed by atoms with van der Waals surface area (Å²) in [7, 11) is 1.59. The van der Waals surface area contributed by atoms with Crippen LogP contribution in [0.3, 0.4) is 0 Å². The van der Waals surface area contributed by atoms with Crippen LogP contribution in [-0.2, 0) is 23.9 Å². The molecule has 41 heavy (non-hydrogen) atoms. The van der Waals surface area contributed by atoms with E-state index in [1.807, 2.05) is 13.8 Å². The van der Waals surface area contributed by atoms with Gasteiger partial charge in [-0.05, 0) is 85.1 Å². The number of benzene rings is 3. The van der Waals surface area contributed by atoms with Crippen LogP contribution in [0.5, 0.6) is 17.2 Å². The average molecular weight is 563 g/mol. The topological polar surface area (TPSA) is 129 Å². The molecular weight excluding hydrogens is 528 g/mol. The van der Waals surface area contributed by atoms with Crippen LogP contribution in [0.4, 0.5) is 11.4 Å². The Labute approximate surface area is 238 Å². The number of anilines is 2. The molecule has 216 valence electrons. The number of methoxy groups -OCH3 is 1. The monoisotopic (exact) mass is 562 g/mol. The zero-order valence-corrected chi connectivity index (χ0v) is 23.3. The normalized spacial score (nSPS) is 10.4. The maximum Gasteiger partial charge on any atom is 0.338 e. The first-order valence-corrected chi connectivity index (χ1v) is 13.2. The number of ether oxygens (including phenoxy) is 4. The number of carbonyl (C=O) groups is 4. The van der Waals surface area contributed by atoms with Crippen LogP contribution < -0.4 is 20.1 Å². The molecule has 10 heteroatoms. The zero-order valence-electron chi connectivity index (χ0n) is 23.3. The van der Waals surface area contributed by atoms with E-state index in [9.17, 15) is 19.2 Å². The van der Waals surface area contributed by atoms with Gasteiger partial charge in [-0.2, -0.15) is 0 Å². The Morgan fingerprint density at radius 3 is 1.80 bits per heavy atom. The van der Waals surface area contributed by atoms with Gasteiger partial charge in [0.2, 0.25) is 5.91 Å². The molecule has 0 unspecified atom stereocenters.